The van der Waals surface area contributed by atoms with Crippen LogP contribution in [-0.2, 0) is 37.3 Å². The summed E-state index contributed by atoms with van der Waals surface area (Å²) in [6.07, 6.45) is 0.767. The summed E-state index contributed by atoms with van der Waals surface area (Å²) in [5, 5.41) is 24.1. The second-order valence-corrected chi connectivity index (χ2v) is 9.94. The number of likely N-dealkylation sites (tertiary alicyclic amines) is 1. The molecule has 13 nitrogen and oxygen atoms in total. The molecule has 4 heterocycles. The summed E-state index contributed by atoms with van der Waals surface area (Å²) in [5.74, 6) is -0.858. The zero-order valence-corrected chi connectivity index (χ0v) is 21.2. The SMILES string of the molecule is CO[C@@]1(NC(=O)Cc2ccc(O)cc2)C(=O)N2C(C(=O)N3CCCC3)=C(CSc3nnnn3C)CO[C@@H]21. The number of amides is 3. The molecule has 0 spiro atoms. The van der Waals surface area contributed by atoms with Crippen molar-refractivity contribution in [2.75, 3.05) is 32.6 Å². The molecule has 0 saturated carbocycles. The fourth-order valence-electron chi connectivity index (χ4n) is 4.67. The number of β-lactam (4-membered cyclic amide) rings is 1. The molecular formula is C23H27N7O6S. The number of phenols is 1. The molecule has 3 aliphatic heterocycles. The van der Waals surface area contributed by atoms with Crippen LogP contribution in [0.4, 0.5) is 0 Å². The van der Waals surface area contributed by atoms with Crippen LogP contribution in [-0.4, -0.2) is 97.3 Å². The number of aromatic nitrogens is 4. The van der Waals surface area contributed by atoms with Crippen molar-refractivity contribution in [1.82, 2.24) is 35.3 Å². The lowest BCUT2D eigenvalue weighted by Gasteiger charge is -2.56. The molecule has 37 heavy (non-hydrogen) atoms. The maximum atomic E-state index is 13.6. The number of aryl methyl sites for hydroxylation is 1. The van der Waals surface area contributed by atoms with Crippen LogP contribution < -0.4 is 5.32 Å². The van der Waals surface area contributed by atoms with Gasteiger partial charge in [-0.25, -0.2) is 4.68 Å². The normalized spacial score (nSPS) is 23.2. The first-order valence-electron chi connectivity index (χ1n) is 11.8. The molecule has 5 rings (SSSR count). The Balaban J connectivity index is 1.38. The molecule has 2 saturated heterocycles. The van der Waals surface area contributed by atoms with Crippen molar-refractivity contribution in [2.24, 2.45) is 7.05 Å². The number of thioether (sulfide) groups is 1. The number of rotatable bonds is 8. The summed E-state index contributed by atoms with van der Waals surface area (Å²) < 4.78 is 13.1. The largest absolute Gasteiger partial charge is 0.508 e. The second kappa shape index (κ2) is 10.1. The van der Waals surface area contributed by atoms with Crippen molar-refractivity contribution < 1.29 is 29.0 Å². The summed E-state index contributed by atoms with van der Waals surface area (Å²) in [6, 6.07) is 6.19. The van der Waals surface area contributed by atoms with Crippen LogP contribution in [0.5, 0.6) is 5.75 Å². The zero-order chi connectivity index (χ0) is 26.2. The molecular weight excluding hydrogens is 502 g/mol. The molecule has 2 atom stereocenters. The van der Waals surface area contributed by atoms with E-state index in [0.29, 0.717) is 35.1 Å². The number of benzene rings is 1. The summed E-state index contributed by atoms with van der Waals surface area (Å²) in [5.41, 5.74) is -0.213. The molecule has 2 N–H and O–H groups in total. The zero-order valence-electron chi connectivity index (χ0n) is 20.4. The Morgan fingerprint density at radius 2 is 2.00 bits per heavy atom. The molecule has 14 heteroatoms. The number of hydrogen-bond donors (Lipinski definition) is 2. The van der Waals surface area contributed by atoms with Gasteiger partial charge in [-0.2, -0.15) is 0 Å². The lowest BCUT2D eigenvalue weighted by atomic mass is 9.93. The highest BCUT2D eigenvalue weighted by Crippen LogP contribution is 2.42. The molecule has 3 amide bonds. The van der Waals surface area contributed by atoms with Crippen LogP contribution in [0.3, 0.4) is 0 Å². The quantitative estimate of drug-likeness (QED) is 0.267. The molecule has 3 aliphatic rings. The maximum absolute atomic E-state index is 13.6. The fourth-order valence-corrected chi connectivity index (χ4v) is 5.51. The van der Waals surface area contributed by atoms with Crippen molar-refractivity contribution in [2.45, 2.75) is 36.4 Å². The standard InChI is InChI=1S/C23H27N7O6S/c1-28-22(25-26-27-28)37-13-15-12-36-21-23(35-2,24-17(32)11-14-5-7-16(31)8-6-14)20(34)30(21)18(15)19(33)29-9-3-4-10-29/h5-8,21,31H,3-4,9-13H2,1-2H3,(H,24,32)/t21-,23+/m1/s1. The Morgan fingerprint density at radius 1 is 1.27 bits per heavy atom. The number of nitrogens with zero attached hydrogens (tertiary/aromatic N) is 6. The van der Waals surface area contributed by atoms with Gasteiger partial charge in [-0.05, 0) is 46.5 Å². The van der Waals surface area contributed by atoms with Gasteiger partial charge in [0.05, 0.1) is 13.0 Å². The number of tetrazole rings is 1. The van der Waals surface area contributed by atoms with Gasteiger partial charge in [0.2, 0.25) is 11.1 Å². The Morgan fingerprint density at radius 3 is 2.65 bits per heavy atom. The van der Waals surface area contributed by atoms with Gasteiger partial charge in [0.25, 0.3) is 17.5 Å². The number of carbonyl (C=O) groups is 3. The van der Waals surface area contributed by atoms with Crippen LogP contribution >= 0.6 is 11.8 Å². The number of fused-ring (bicyclic) bond motifs is 1. The number of ether oxygens (including phenoxy) is 2. The minimum absolute atomic E-state index is 0.0333. The first-order valence-corrected chi connectivity index (χ1v) is 12.8. The van der Waals surface area contributed by atoms with Crippen LogP contribution in [0.1, 0.15) is 18.4 Å². The van der Waals surface area contributed by atoms with E-state index in [9.17, 15) is 19.5 Å². The van der Waals surface area contributed by atoms with E-state index in [4.69, 9.17) is 9.47 Å². The van der Waals surface area contributed by atoms with Gasteiger partial charge in [0.1, 0.15) is 11.4 Å². The minimum Gasteiger partial charge on any atom is -0.508 e. The second-order valence-electron chi connectivity index (χ2n) is 8.99. The number of methoxy groups -OCH3 is 1. The van der Waals surface area contributed by atoms with Gasteiger partial charge in [-0.3, -0.25) is 19.3 Å². The van der Waals surface area contributed by atoms with Gasteiger partial charge < -0.3 is 24.8 Å². The molecule has 0 aliphatic carbocycles. The van der Waals surface area contributed by atoms with Crippen molar-refractivity contribution in [3.63, 3.8) is 0 Å². The van der Waals surface area contributed by atoms with Crippen molar-refractivity contribution in [3.8, 4) is 5.75 Å². The fraction of sp³-hybridized carbons (Fsp3) is 0.478. The topological polar surface area (TPSA) is 152 Å². The predicted molar refractivity (Wildman–Crippen MR) is 129 cm³/mol. The van der Waals surface area contributed by atoms with Crippen molar-refractivity contribution >= 4 is 29.5 Å². The smallest absolute Gasteiger partial charge is 0.287 e. The van der Waals surface area contributed by atoms with Gasteiger partial charge in [0, 0.05) is 33.0 Å². The van der Waals surface area contributed by atoms with E-state index >= 15 is 0 Å². The van der Waals surface area contributed by atoms with Gasteiger partial charge in [-0.1, -0.05) is 23.9 Å². The minimum atomic E-state index is -1.75. The number of carbonyl (C=O) groups excluding carboxylic acids is 3. The van der Waals surface area contributed by atoms with Crippen molar-refractivity contribution in [1.29, 1.82) is 0 Å². The number of aromatic hydroxyl groups is 1. The van der Waals surface area contributed by atoms with E-state index in [2.05, 4.69) is 20.8 Å². The molecule has 1 aromatic heterocycles. The van der Waals surface area contributed by atoms with Gasteiger partial charge >= 0.3 is 0 Å². The third kappa shape index (κ3) is 4.55. The molecule has 196 valence electrons. The van der Waals surface area contributed by atoms with Crippen LogP contribution in [0.2, 0.25) is 0 Å². The van der Waals surface area contributed by atoms with E-state index in [-0.39, 0.29) is 30.4 Å². The summed E-state index contributed by atoms with van der Waals surface area (Å²) in [6.45, 7) is 1.30. The Hall–Kier alpha value is -3.49. The summed E-state index contributed by atoms with van der Waals surface area (Å²) in [4.78, 5) is 43.0. The van der Waals surface area contributed by atoms with E-state index in [1.54, 1.807) is 24.1 Å². The highest BCUT2D eigenvalue weighted by Gasteiger charge is 2.67. The summed E-state index contributed by atoms with van der Waals surface area (Å²) in [7, 11) is 3.03. The maximum Gasteiger partial charge on any atom is 0.287 e. The molecule has 2 aromatic rings. The highest BCUT2D eigenvalue weighted by molar-refractivity contribution is 7.99. The third-order valence-electron chi connectivity index (χ3n) is 6.61. The predicted octanol–water partition coefficient (Wildman–Crippen LogP) is -0.216. The average molecular weight is 530 g/mol. The molecule has 0 unspecified atom stereocenters. The first kappa shape index (κ1) is 25.2. The van der Waals surface area contributed by atoms with Crippen LogP contribution in [0.25, 0.3) is 0 Å². The monoisotopic (exact) mass is 529 g/mol. The number of nitrogens with one attached hydrogen (secondary N) is 1. The van der Waals surface area contributed by atoms with Gasteiger partial charge in [0.15, 0.2) is 6.23 Å². The average Bonchev–Trinajstić information content (AvgIpc) is 3.58. The lowest BCUT2D eigenvalue weighted by Crippen LogP contribution is -2.82. The third-order valence-corrected chi connectivity index (χ3v) is 7.71. The molecule has 2 fully saturated rings. The van der Waals surface area contributed by atoms with E-state index in [1.165, 1.54) is 40.6 Å². The Bertz CT molecular complexity index is 1240. The first-order chi connectivity index (χ1) is 17.8. The van der Waals surface area contributed by atoms with E-state index in [0.717, 1.165) is 12.8 Å². The van der Waals surface area contributed by atoms with Crippen molar-refractivity contribution in [3.05, 3.63) is 41.1 Å². The highest BCUT2D eigenvalue weighted by atomic mass is 32.2. The summed E-state index contributed by atoms with van der Waals surface area (Å²) >= 11 is 1.33. The Labute approximate surface area is 216 Å². The van der Waals surface area contributed by atoms with E-state index in [1.807, 2.05) is 0 Å². The van der Waals surface area contributed by atoms with Crippen LogP contribution in [0, 0.1) is 0 Å². The number of phenolic OH excluding ortho intramolecular Hbond substituents is 1. The molecule has 0 bridgehead atoms. The lowest BCUT2D eigenvalue weighted by molar-refractivity contribution is -0.257. The number of hydrogen-bond acceptors (Lipinski definition) is 10. The Kier molecular flexibility index (Phi) is 6.88. The molecule has 0 radical (unpaired) electrons. The van der Waals surface area contributed by atoms with Crippen LogP contribution in [0.15, 0.2) is 40.7 Å². The van der Waals surface area contributed by atoms with Gasteiger partial charge in [-0.15, -0.1) is 5.10 Å². The van der Waals surface area contributed by atoms with E-state index < -0.39 is 23.8 Å². The molecule has 1 aromatic carbocycles.